The van der Waals surface area contributed by atoms with Gasteiger partial charge in [0.15, 0.2) is 0 Å². The van der Waals surface area contributed by atoms with Crippen molar-refractivity contribution in [2.75, 3.05) is 0 Å². The highest BCUT2D eigenvalue weighted by atomic mass is 28.3. The number of terminal acetylenes is 2. The Balaban J connectivity index is 1.74. The number of hydrogen-bond donors (Lipinski definition) is 0. The molecular weight excluding hydrogens is 485 g/mol. The van der Waals surface area contributed by atoms with Crippen molar-refractivity contribution in [3.63, 3.8) is 0 Å². The normalized spacial score (nSPS) is 13.4. The summed E-state index contributed by atoms with van der Waals surface area (Å²) in [6.45, 7) is 4.70. The van der Waals surface area contributed by atoms with E-state index in [1.807, 2.05) is 60.7 Å². The molecule has 0 atom stereocenters. The summed E-state index contributed by atoms with van der Waals surface area (Å²) in [5.41, 5.74) is 8.23. The fraction of sp³-hybridized carbons (Fsp3) is 0.0526. The van der Waals surface area contributed by atoms with Crippen LogP contribution in [0.25, 0.3) is 11.1 Å². The van der Waals surface area contributed by atoms with Gasteiger partial charge in [0, 0.05) is 32.6 Å². The van der Waals surface area contributed by atoms with Crippen LogP contribution in [0, 0.1) is 48.4 Å². The van der Waals surface area contributed by atoms with Gasteiger partial charge in [0.05, 0.1) is 0 Å². The van der Waals surface area contributed by atoms with Crippen molar-refractivity contribution < 1.29 is 0 Å². The second-order valence-electron chi connectivity index (χ2n) is 9.80. The van der Waals surface area contributed by atoms with Crippen molar-refractivity contribution in [2.45, 2.75) is 13.1 Å². The molecule has 39 heavy (non-hydrogen) atoms. The Hall–Kier alpha value is -5.18. The van der Waals surface area contributed by atoms with E-state index in [0.29, 0.717) is 0 Å². The molecule has 0 radical (unpaired) electrons. The predicted molar refractivity (Wildman–Crippen MR) is 167 cm³/mol. The van der Waals surface area contributed by atoms with E-state index in [0.717, 1.165) is 33.4 Å². The van der Waals surface area contributed by atoms with Gasteiger partial charge < -0.3 is 0 Å². The molecule has 1 aliphatic rings. The minimum absolute atomic E-state index is 0.848. The van der Waals surface area contributed by atoms with Gasteiger partial charge in [0.1, 0.15) is 8.07 Å². The Kier molecular flexibility index (Phi) is 7.22. The largest absolute Gasteiger partial charge is 0.135 e. The summed E-state index contributed by atoms with van der Waals surface area (Å²) in [6.07, 6.45) is 11.1. The van der Waals surface area contributed by atoms with Gasteiger partial charge in [0.25, 0.3) is 0 Å². The van der Waals surface area contributed by atoms with Crippen molar-refractivity contribution in [2.24, 2.45) is 0 Å². The minimum Gasteiger partial charge on any atom is -0.115 e. The van der Waals surface area contributed by atoms with Crippen molar-refractivity contribution >= 4 is 19.2 Å². The first kappa shape index (κ1) is 25.5. The molecule has 1 aliphatic heterocycles. The van der Waals surface area contributed by atoms with E-state index >= 15 is 0 Å². The molecule has 0 saturated carbocycles. The maximum Gasteiger partial charge on any atom is 0.135 e. The van der Waals surface area contributed by atoms with Crippen LogP contribution in [0.5, 0.6) is 0 Å². The summed E-state index contributed by atoms with van der Waals surface area (Å²) in [5.74, 6) is 19.5. The third kappa shape index (κ3) is 5.28. The highest BCUT2D eigenvalue weighted by Crippen LogP contribution is 2.48. The van der Waals surface area contributed by atoms with Gasteiger partial charge in [-0.15, -0.1) is 12.8 Å². The average Bonchev–Trinajstić information content (AvgIpc) is 3.21. The number of benzene rings is 4. The van der Waals surface area contributed by atoms with Crippen LogP contribution in [0.3, 0.4) is 0 Å². The third-order valence-corrected chi connectivity index (χ3v) is 10.1. The van der Waals surface area contributed by atoms with Crippen LogP contribution < -0.4 is 0 Å². The zero-order valence-electron chi connectivity index (χ0n) is 22.0. The summed E-state index contributed by atoms with van der Waals surface area (Å²) in [7, 11) is -2.29. The average molecular weight is 511 g/mol. The lowest BCUT2D eigenvalue weighted by atomic mass is 9.91. The Morgan fingerprint density at radius 2 is 0.769 bits per heavy atom. The van der Waals surface area contributed by atoms with E-state index in [9.17, 15) is 0 Å². The predicted octanol–water partition coefficient (Wildman–Crippen LogP) is 7.76. The van der Waals surface area contributed by atoms with Crippen molar-refractivity contribution in [3.8, 4) is 48.4 Å². The van der Waals surface area contributed by atoms with E-state index in [1.165, 1.54) is 21.5 Å². The van der Waals surface area contributed by atoms with Gasteiger partial charge in [-0.1, -0.05) is 109 Å². The first-order valence-corrected chi connectivity index (χ1v) is 15.8. The summed E-state index contributed by atoms with van der Waals surface area (Å²) in [6, 6.07) is 36.8. The molecule has 0 N–H and O–H groups in total. The van der Waals surface area contributed by atoms with Gasteiger partial charge >= 0.3 is 0 Å². The van der Waals surface area contributed by atoms with Gasteiger partial charge in [-0.3, -0.25) is 0 Å². The molecule has 0 nitrogen and oxygen atoms in total. The summed E-state index contributed by atoms with van der Waals surface area (Å²) >= 11 is 0. The van der Waals surface area contributed by atoms with E-state index in [2.05, 4.69) is 97.1 Å². The lowest BCUT2D eigenvalue weighted by Gasteiger charge is -2.18. The molecule has 1 heterocycles. The molecule has 4 aromatic carbocycles. The maximum atomic E-state index is 5.55. The molecule has 0 spiro atoms. The second-order valence-corrected chi connectivity index (χ2v) is 14.1. The first-order chi connectivity index (χ1) is 19.0. The van der Waals surface area contributed by atoms with Gasteiger partial charge in [0.2, 0.25) is 0 Å². The third-order valence-electron chi connectivity index (χ3n) is 6.89. The molecule has 182 valence electrons. The van der Waals surface area contributed by atoms with Crippen LogP contribution in [0.4, 0.5) is 0 Å². The van der Waals surface area contributed by atoms with E-state index in [1.54, 1.807) is 0 Å². The molecule has 0 saturated heterocycles. The monoisotopic (exact) mass is 510 g/mol. The van der Waals surface area contributed by atoms with Crippen molar-refractivity contribution in [3.05, 3.63) is 153 Å². The molecule has 0 fully saturated rings. The van der Waals surface area contributed by atoms with Gasteiger partial charge in [-0.05, 0) is 70.8 Å². The summed E-state index contributed by atoms with van der Waals surface area (Å²) < 4.78 is 0. The van der Waals surface area contributed by atoms with Crippen LogP contribution in [0.1, 0.15) is 33.4 Å². The molecule has 5 rings (SSSR count). The van der Waals surface area contributed by atoms with Crippen LogP contribution >= 0.6 is 0 Å². The fourth-order valence-corrected chi connectivity index (χ4v) is 7.58. The van der Waals surface area contributed by atoms with Crippen LogP contribution in [-0.2, 0) is 0 Å². The van der Waals surface area contributed by atoms with E-state index in [-0.39, 0.29) is 0 Å². The Bertz CT molecular complexity index is 1660. The van der Waals surface area contributed by atoms with E-state index in [4.69, 9.17) is 12.8 Å². The highest BCUT2D eigenvalue weighted by Gasteiger charge is 2.41. The number of rotatable bonds is 2. The Morgan fingerprint density at radius 3 is 1.10 bits per heavy atom. The first-order valence-electron chi connectivity index (χ1n) is 12.8. The van der Waals surface area contributed by atoms with E-state index < -0.39 is 8.07 Å². The number of hydrogen-bond acceptors (Lipinski definition) is 0. The SMILES string of the molecule is C#Cc1ccc(C#CC2=C(c3ccccc3)C(c3ccccc3)=C(C#Cc3ccc(C#C)cc3)[Si]2(C)C)cc1. The van der Waals surface area contributed by atoms with Crippen LogP contribution in [0.2, 0.25) is 13.1 Å². The topological polar surface area (TPSA) is 0 Å². The highest BCUT2D eigenvalue weighted by molar-refractivity contribution is 6.96. The molecule has 0 aliphatic carbocycles. The molecule has 4 aromatic rings. The Morgan fingerprint density at radius 1 is 0.436 bits per heavy atom. The summed E-state index contributed by atoms with van der Waals surface area (Å²) in [4.78, 5) is 0. The van der Waals surface area contributed by atoms with Gasteiger partial charge in [-0.25, -0.2) is 0 Å². The standard InChI is InChI=1S/C38H26Si/c1-5-29-17-21-31(22-18-29)25-27-35-37(33-13-9-7-10-14-33)38(34-15-11-8-12-16-34)36(39(35,3)4)28-26-32-23-19-30(6-2)20-24-32/h1-2,7-24H,3-4H3. The molecule has 0 unspecified atom stereocenters. The smallest absolute Gasteiger partial charge is 0.115 e. The molecule has 0 aromatic heterocycles. The fourth-order valence-electron chi connectivity index (χ4n) is 4.79. The quantitative estimate of drug-likeness (QED) is 0.191. The van der Waals surface area contributed by atoms with Crippen molar-refractivity contribution in [1.29, 1.82) is 0 Å². The molecule has 0 bridgehead atoms. The van der Waals surface area contributed by atoms with Crippen molar-refractivity contribution in [1.82, 2.24) is 0 Å². The second kappa shape index (κ2) is 11.1. The number of allylic oxidation sites excluding steroid dienone is 4. The lowest BCUT2D eigenvalue weighted by molar-refractivity contribution is 1.58. The Labute approximate surface area is 233 Å². The van der Waals surface area contributed by atoms with Crippen LogP contribution in [-0.4, -0.2) is 8.07 Å². The molecular formula is C38H26Si. The van der Waals surface area contributed by atoms with Crippen LogP contribution in [0.15, 0.2) is 120 Å². The lowest BCUT2D eigenvalue weighted by Crippen LogP contribution is -2.29. The molecule has 1 heteroatoms. The zero-order valence-corrected chi connectivity index (χ0v) is 23.0. The molecule has 0 amide bonds. The van der Waals surface area contributed by atoms with Gasteiger partial charge in [-0.2, -0.15) is 0 Å². The maximum absolute atomic E-state index is 5.55. The zero-order chi connectivity index (χ0) is 27.2. The summed E-state index contributed by atoms with van der Waals surface area (Å²) in [5, 5.41) is 2.36. The minimum atomic E-state index is -2.29.